The Labute approximate surface area is 199 Å². The largest absolute Gasteiger partial charge is 0.339 e. The van der Waals surface area contributed by atoms with Gasteiger partial charge in [0.2, 0.25) is 0 Å². The van der Waals surface area contributed by atoms with Crippen LogP contribution in [0.25, 0.3) is 0 Å². The number of carbonyl (C=O) groups excluding carboxylic acids is 2. The van der Waals surface area contributed by atoms with Crippen LogP contribution in [0.2, 0.25) is 5.02 Å². The van der Waals surface area contributed by atoms with Crippen molar-refractivity contribution in [1.82, 2.24) is 14.7 Å². The van der Waals surface area contributed by atoms with Gasteiger partial charge in [-0.1, -0.05) is 42.6 Å². The molecule has 1 saturated heterocycles. The minimum Gasteiger partial charge on any atom is -0.339 e. The molecule has 1 aromatic heterocycles. The second kappa shape index (κ2) is 10.2. The van der Waals surface area contributed by atoms with Crippen molar-refractivity contribution in [1.29, 1.82) is 0 Å². The van der Waals surface area contributed by atoms with Gasteiger partial charge in [-0.15, -0.1) is 0 Å². The van der Waals surface area contributed by atoms with Gasteiger partial charge in [0.05, 0.1) is 17.8 Å². The summed E-state index contributed by atoms with van der Waals surface area (Å²) in [6.45, 7) is 5.83. The Balaban J connectivity index is 1.45. The number of aryl methyl sites for hydroxylation is 1. The molecule has 1 N–H and O–H groups in total. The summed E-state index contributed by atoms with van der Waals surface area (Å²) >= 11 is 6.29. The van der Waals surface area contributed by atoms with Crippen molar-refractivity contribution in [2.75, 3.05) is 18.4 Å². The van der Waals surface area contributed by atoms with Crippen molar-refractivity contribution in [3.05, 3.63) is 81.6 Å². The summed E-state index contributed by atoms with van der Waals surface area (Å²) in [5.74, 6) is -0.163. The lowest BCUT2D eigenvalue weighted by Gasteiger charge is -2.20. The number of aromatic nitrogens is 2. The molecule has 3 aromatic rings. The molecule has 0 saturated carbocycles. The lowest BCUT2D eigenvalue weighted by molar-refractivity contribution is 0.0761. The second-order valence-corrected chi connectivity index (χ2v) is 8.94. The van der Waals surface area contributed by atoms with Crippen LogP contribution in [0.1, 0.15) is 63.4 Å². The molecule has 0 bridgehead atoms. The van der Waals surface area contributed by atoms with Crippen molar-refractivity contribution >= 4 is 29.1 Å². The quantitative estimate of drug-likeness (QED) is 0.544. The first-order chi connectivity index (χ1) is 15.9. The molecule has 2 amide bonds. The number of halogens is 1. The van der Waals surface area contributed by atoms with E-state index in [1.165, 1.54) is 12.8 Å². The monoisotopic (exact) mass is 464 g/mol. The number of hydrogen-bond donors (Lipinski definition) is 1. The average molecular weight is 465 g/mol. The molecule has 172 valence electrons. The number of rotatable bonds is 5. The van der Waals surface area contributed by atoms with Crippen molar-refractivity contribution < 1.29 is 9.59 Å². The minimum atomic E-state index is -0.220. The van der Waals surface area contributed by atoms with Gasteiger partial charge in [-0.05, 0) is 62.6 Å². The average Bonchev–Trinajstić information content (AvgIpc) is 2.98. The molecule has 0 radical (unpaired) electrons. The van der Waals surface area contributed by atoms with E-state index in [2.05, 4.69) is 10.4 Å². The van der Waals surface area contributed by atoms with Gasteiger partial charge in [0.25, 0.3) is 11.8 Å². The number of likely N-dealkylation sites (tertiary alicyclic amines) is 1. The number of carbonyl (C=O) groups is 2. The normalized spacial score (nSPS) is 14.1. The third kappa shape index (κ3) is 5.28. The van der Waals surface area contributed by atoms with E-state index in [0.717, 1.165) is 37.2 Å². The molecule has 0 unspecified atom stereocenters. The molecule has 0 atom stereocenters. The standard InChI is InChI=1S/C26H29ClN4O2/c1-18-24(19(2)31(29-18)17-21-9-5-6-10-23(21)27)25(32)28-22-13-11-20(12-14-22)26(33)30-15-7-3-4-8-16-30/h5-6,9-14H,3-4,7-8,15-17H2,1-2H3,(H,28,32). The molecule has 1 aliphatic rings. The first kappa shape index (κ1) is 23.1. The molecule has 33 heavy (non-hydrogen) atoms. The topological polar surface area (TPSA) is 67.2 Å². The number of benzene rings is 2. The summed E-state index contributed by atoms with van der Waals surface area (Å²) in [5, 5.41) is 8.17. The summed E-state index contributed by atoms with van der Waals surface area (Å²) in [6, 6.07) is 14.7. The molecule has 0 spiro atoms. The van der Waals surface area contributed by atoms with E-state index in [4.69, 9.17) is 11.6 Å². The maximum absolute atomic E-state index is 13.0. The van der Waals surface area contributed by atoms with E-state index in [1.807, 2.05) is 43.0 Å². The van der Waals surface area contributed by atoms with Crippen LogP contribution in [0, 0.1) is 13.8 Å². The highest BCUT2D eigenvalue weighted by molar-refractivity contribution is 6.31. The van der Waals surface area contributed by atoms with Gasteiger partial charge in [-0.2, -0.15) is 5.10 Å². The molecule has 1 aliphatic heterocycles. The van der Waals surface area contributed by atoms with E-state index in [-0.39, 0.29) is 11.8 Å². The van der Waals surface area contributed by atoms with Crippen LogP contribution in [0.5, 0.6) is 0 Å². The van der Waals surface area contributed by atoms with Crippen molar-refractivity contribution in [3.63, 3.8) is 0 Å². The highest BCUT2D eigenvalue weighted by Gasteiger charge is 2.20. The van der Waals surface area contributed by atoms with E-state index in [9.17, 15) is 9.59 Å². The number of anilines is 1. The van der Waals surface area contributed by atoms with Crippen LogP contribution in [0.3, 0.4) is 0 Å². The Kier molecular flexibility index (Phi) is 7.14. The van der Waals surface area contributed by atoms with Gasteiger partial charge >= 0.3 is 0 Å². The fourth-order valence-corrected chi connectivity index (χ4v) is 4.51. The van der Waals surface area contributed by atoms with Crippen LogP contribution in [0.15, 0.2) is 48.5 Å². The van der Waals surface area contributed by atoms with E-state index < -0.39 is 0 Å². The van der Waals surface area contributed by atoms with Crippen molar-refractivity contribution in [2.45, 2.75) is 46.1 Å². The maximum atomic E-state index is 13.0. The van der Waals surface area contributed by atoms with Gasteiger partial charge < -0.3 is 10.2 Å². The molecule has 2 heterocycles. The molecular formula is C26H29ClN4O2. The maximum Gasteiger partial charge on any atom is 0.259 e. The molecule has 6 nitrogen and oxygen atoms in total. The van der Waals surface area contributed by atoms with Gasteiger partial charge in [0.1, 0.15) is 0 Å². The fraction of sp³-hybridized carbons (Fsp3) is 0.346. The molecular weight excluding hydrogens is 436 g/mol. The Morgan fingerprint density at radius 3 is 2.30 bits per heavy atom. The first-order valence-corrected chi connectivity index (χ1v) is 11.8. The summed E-state index contributed by atoms with van der Waals surface area (Å²) in [7, 11) is 0. The Bertz CT molecular complexity index is 1150. The predicted molar refractivity (Wildman–Crippen MR) is 131 cm³/mol. The minimum absolute atomic E-state index is 0.0577. The van der Waals surface area contributed by atoms with E-state index in [1.54, 1.807) is 28.9 Å². The zero-order valence-electron chi connectivity index (χ0n) is 19.1. The molecule has 4 rings (SSSR count). The lowest BCUT2D eigenvalue weighted by atomic mass is 10.1. The molecule has 0 aliphatic carbocycles. The van der Waals surface area contributed by atoms with E-state index in [0.29, 0.717) is 34.1 Å². The van der Waals surface area contributed by atoms with Gasteiger partial charge in [0.15, 0.2) is 0 Å². The Morgan fingerprint density at radius 2 is 1.64 bits per heavy atom. The number of hydrogen-bond acceptors (Lipinski definition) is 3. The van der Waals surface area contributed by atoms with Crippen LogP contribution in [0.4, 0.5) is 5.69 Å². The Morgan fingerprint density at radius 1 is 0.970 bits per heavy atom. The van der Waals surface area contributed by atoms with Crippen LogP contribution < -0.4 is 5.32 Å². The first-order valence-electron chi connectivity index (χ1n) is 11.4. The van der Waals surface area contributed by atoms with Crippen LogP contribution in [-0.2, 0) is 6.54 Å². The number of amides is 2. The highest BCUT2D eigenvalue weighted by atomic mass is 35.5. The number of nitrogens with zero attached hydrogens (tertiary/aromatic N) is 3. The van der Waals surface area contributed by atoms with Crippen LogP contribution in [-0.4, -0.2) is 39.6 Å². The van der Waals surface area contributed by atoms with Crippen molar-refractivity contribution in [3.8, 4) is 0 Å². The zero-order chi connectivity index (χ0) is 23.4. The van der Waals surface area contributed by atoms with Gasteiger partial charge in [0, 0.05) is 35.1 Å². The SMILES string of the molecule is Cc1nn(Cc2ccccc2Cl)c(C)c1C(=O)Nc1ccc(C(=O)N2CCCCCC2)cc1. The summed E-state index contributed by atoms with van der Waals surface area (Å²) in [4.78, 5) is 27.8. The molecule has 7 heteroatoms. The molecule has 2 aromatic carbocycles. The van der Waals surface area contributed by atoms with Crippen molar-refractivity contribution in [2.24, 2.45) is 0 Å². The van der Waals surface area contributed by atoms with E-state index >= 15 is 0 Å². The lowest BCUT2D eigenvalue weighted by Crippen LogP contribution is -2.31. The van der Waals surface area contributed by atoms with Gasteiger partial charge in [-0.3, -0.25) is 14.3 Å². The third-order valence-electron chi connectivity index (χ3n) is 6.17. The smallest absolute Gasteiger partial charge is 0.259 e. The highest BCUT2D eigenvalue weighted by Crippen LogP contribution is 2.21. The second-order valence-electron chi connectivity index (χ2n) is 8.53. The summed E-state index contributed by atoms with van der Waals surface area (Å²) < 4.78 is 1.80. The number of nitrogens with one attached hydrogen (secondary N) is 1. The summed E-state index contributed by atoms with van der Waals surface area (Å²) in [5.41, 5.74) is 4.22. The third-order valence-corrected chi connectivity index (χ3v) is 6.54. The zero-order valence-corrected chi connectivity index (χ0v) is 19.9. The molecule has 1 fully saturated rings. The predicted octanol–water partition coefficient (Wildman–Crippen LogP) is 5.47. The fourth-order valence-electron chi connectivity index (χ4n) is 4.31. The Hall–Kier alpha value is -3.12. The summed E-state index contributed by atoms with van der Waals surface area (Å²) in [6.07, 6.45) is 4.48. The van der Waals surface area contributed by atoms with Crippen LogP contribution >= 0.6 is 11.6 Å². The van der Waals surface area contributed by atoms with Gasteiger partial charge in [-0.25, -0.2) is 0 Å².